The van der Waals surface area contributed by atoms with Gasteiger partial charge in [-0.15, -0.1) is 0 Å². The van der Waals surface area contributed by atoms with E-state index < -0.39 is 0 Å². The van der Waals surface area contributed by atoms with Crippen molar-refractivity contribution in [3.63, 3.8) is 0 Å². The van der Waals surface area contributed by atoms with Crippen LogP contribution in [0.25, 0.3) is 0 Å². The van der Waals surface area contributed by atoms with E-state index in [4.69, 9.17) is 15.2 Å². The van der Waals surface area contributed by atoms with Crippen LogP contribution in [-0.2, 0) is 11.3 Å². The first-order valence-corrected chi connectivity index (χ1v) is 5.86. The lowest BCUT2D eigenvalue weighted by Crippen LogP contribution is -2.10. The summed E-state index contributed by atoms with van der Waals surface area (Å²) in [6.07, 6.45) is 2.55. The van der Waals surface area contributed by atoms with Crippen LogP contribution in [0.2, 0.25) is 0 Å². The Hall–Kier alpha value is -1.20. The topological polar surface area (TPSA) is 70.3 Å². The summed E-state index contributed by atoms with van der Waals surface area (Å²) in [6.45, 7) is 5.74. The number of nitrogens with two attached hydrogens (primary N) is 1. The van der Waals surface area contributed by atoms with Crippen LogP contribution in [0.4, 0.5) is 0 Å². The van der Waals surface area contributed by atoms with Gasteiger partial charge >= 0.3 is 0 Å². The lowest BCUT2D eigenvalue weighted by molar-refractivity contribution is 0.171. The van der Waals surface area contributed by atoms with Gasteiger partial charge in [-0.25, -0.2) is 9.97 Å². The molecule has 0 amide bonds. The molecule has 17 heavy (non-hydrogen) atoms. The van der Waals surface area contributed by atoms with Crippen LogP contribution < -0.4 is 10.5 Å². The molecule has 1 aromatic heterocycles. The molecular formula is C12H21N3O2. The second-order valence-corrected chi connectivity index (χ2v) is 4.09. The lowest BCUT2D eigenvalue weighted by atomic mass is 10.2. The summed E-state index contributed by atoms with van der Waals surface area (Å²) >= 11 is 0. The average molecular weight is 239 g/mol. The summed E-state index contributed by atoms with van der Waals surface area (Å²) in [5.41, 5.74) is 6.42. The summed E-state index contributed by atoms with van der Waals surface area (Å²) in [5, 5.41) is 0. The van der Waals surface area contributed by atoms with Gasteiger partial charge in [0.05, 0.1) is 18.5 Å². The molecular weight excluding hydrogens is 218 g/mol. The zero-order chi connectivity index (χ0) is 12.7. The summed E-state index contributed by atoms with van der Waals surface area (Å²) in [6, 6.07) is 0. The number of nitrogens with zero attached hydrogens (tertiary/aromatic N) is 2. The number of ether oxygens (including phenoxy) is 2. The van der Waals surface area contributed by atoms with Crippen LogP contribution in [-0.4, -0.2) is 30.3 Å². The van der Waals surface area contributed by atoms with Gasteiger partial charge in [0.15, 0.2) is 5.75 Å². The van der Waals surface area contributed by atoms with E-state index in [0.717, 1.165) is 17.9 Å². The molecule has 2 N–H and O–H groups in total. The van der Waals surface area contributed by atoms with Gasteiger partial charge in [-0.1, -0.05) is 13.8 Å². The molecule has 0 saturated heterocycles. The van der Waals surface area contributed by atoms with Crippen molar-refractivity contribution in [1.82, 2.24) is 9.97 Å². The Morgan fingerprint density at radius 1 is 1.35 bits per heavy atom. The molecule has 96 valence electrons. The van der Waals surface area contributed by atoms with E-state index in [1.807, 2.05) is 0 Å². The highest BCUT2D eigenvalue weighted by Crippen LogP contribution is 2.18. The van der Waals surface area contributed by atoms with Crippen LogP contribution in [0, 0.1) is 0 Å². The number of methoxy groups -OCH3 is 1. The van der Waals surface area contributed by atoms with Gasteiger partial charge in [-0.3, -0.25) is 0 Å². The van der Waals surface area contributed by atoms with E-state index in [9.17, 15) is 0 Å². The van der Waals surface area contributed by atoms with E-state index in [2.05, 4.69) is 23.8 Å². The normalized spacial score (nSPS) is 10.9. The highest BCUT2D eigenvalue weighted by molar-refractivity contribution is 5.25. The molecule has 0 aromatic carbocycles. The Kier molecular flexibility index (Phi) is 5.86. The van der Waals surface area contributed by atoms with E-state index >= 15 is 0 Å². The van der Waals surface area contributed by atoms with E-state index in [1.165, 1.54) is 0 Å². The van der Waals surface area contributed by atoms with Crippen LogP contribution in [0.15, 0.2) is 6.20 Å². The Balaban J connectivity index is 2.65. The van der Waals surface area contributed by atoms with Crippen LogP contribution in [0.5, 0.6) is 5.75 Å². The first kappa shape index (κ1) is 13.9. The van der Waals surface area contributed by atoms with Gasteiger partial charge in [0.2, 0.25) is 0 Å². The summed E-state index contributed by atoms with van der Waals surface area (Å²) < 4.78 is 10.5. The molecule has 0 aliphatic heterocycles. The number of hydrogen-bond acceptors (Lipinski definition) is 5. The highest BCUT2D eigenvalue weighted by Gasteiger charge is 2.09. The zero-order valence-electron chi connectivity index (χ0n) is 10.8. The molecule has 1 rings (SSSR count). The molecule has 0 atom stereocenters. The monoisotopic (exact) mass is 239 g/mol. The smallest absolute Gasteiger partial charge is 0.160 e. The Morgan fingerprint density at radius 3 is 2.71 bits per heavy atom. The largest absolute Gasteiger partial charge is 0.490 e. The molecule has 0 spiro atoms. The Labute approximate surface area is 102 Å². The predicted octanol–water partition coefficient (Wildman–Crippen LogP) is 1.47. The fourth-order valence-corrected chi connectivity index (χ4v) is 1.35. The van der Waals surface area contributed by atoms with Crippen molar-refractivity contribution < 1.29 is 9.47 Å². The summed E-state index contributed by atoms with van der Waals surface area (Å²) in [5.74, 6) is 1.77. The minimum atomic E-state index is 0.294. The molecule has 1 aromatic rings. The van der Waals surface area contributed by atoms with Crippen molar-refractivity contribution in [3.8, 4) is 5.75 Å². The van der Waals surface area contributed by atoms with Crippen molar-refractivity contribution in [2.45, 2.75) is 32.7 Å². The molecule has 0 aliphatic carbocycles. The summed E-state index contributed by atoms with van der Waals surface area (Å²) in [4.78, 5) is 8.66. The van der Waals surface area contributed by atoms with Gasteiger partial charge in [-0.2, -0.15) is 0 Å². The standard InChI is InChI=1S/C12H21N3O2/c1-9(2)12-14-8-11(10(7-13)15-12)17-6-4-5-16-3/h8-9H,4-7,13H2,1-3H3. The third kappa shape index (κ3) is 4.28. The quantitative estimate of drug-likeness (QED) is 0.730. The molecule has 0 saturated carbocycles. The Bertz CT molecular complexity index is 343. The zero-order valence-corrected chi connectivity index (χ0v) is 10.8. The SMILES string of the molecule is COCCCOc1cnc(C(C)C)nc1CN. The maximum atomic E-state index is 5.66. The second-order valence-electron chi connectivity index (χ2n) is 4.09. The molecule has 5 heteroatoms. The molecule has 0 aliphatic rings. The summed E-state index contributed by atoms with van der Waals surface area (Å²) in [7, 11) is 1.67. The minimum Gasteiger partial charge on any atom is -0.490 e. The molecule has 0 bridgehead atoms. The Morgan fingerprint density at radius 2 is 2.12 bits per heavy atom. The lowest BCUT2D eigenvalue weighted by Gasteiger charge is -2.11. The molecule has 1 heterocycles. The van der Waals surface area contributed by atoms with E-state index in [0.29, 0.717) is 31.4 Å². The molecule has 0 fully saturated rings. The van der Waals surface area contributed by atoms with Gasteiger partial charge in [0.25, 0.3) is 0 Å². The van der Waals surface area contributed by atoms with E-state index in [-0.39, 0.29) is 0 Å². The van der Waals surface area contributed by atoms with Gasteiger partial charge < -0.3 is 15.2 Å². The van der Waals surface area contributed by atoms with Crippen LogP contribution >= 0.6 is 0 Å². The van der Waals surface area contributed by atoms with Crippen molar-refractivity contribution in [1.29, 1.82) is 0 Å². The third-order valence-corrected chi connectivity index (χ3v) is 2.31. The van der Waals surface area contributed by atoms with Crippen molar-refractivity contribution >= 4 is 0 Å². The van der Waals surface area contributed by atoms with Gasteiger partial charge in [0, 0.05) is 32.6 Å². The number of rotatable bonds is 7. The first-order valence-electron chi connectivity index (χ1n) is 5.86. The predicted molar refractivity (Wildman–Crippen MR) is 66.0 cm³/mol. The number of aromatic nitrogens is 2. The highest BCUT2D eigenvalue weighted by atomic mass is 16.5. The minimum absolute atomic E-state index is 0.294. The molecule has 5 nitrogen and oxygen atoms in total. The first-order chi connectivity index (χ1) is 8.19. The molecule has 0 radical (unpaired) electrons. The van der Waals surface area contributed by atoms with Gasteiger partial charge in [0.1, 0.15) is 5.82 Å². The van der Waals surface area contributed by atoms with Gasteiger partial charge in [-0.05, 0) is 0 Å². The van der Waals surface area contributed by atoms with Crippen molar-refractivity contribution in [2.75, 3.05) is 20.3 Å². The van der Waals surface area contributed by atoms with Crippen molar-refractivity contribution in [3.05, 3.63) is 17.7 Å². The van der Waals surface area contributed by atoms with Crippen LogP contribution in [0.3, 0.4) is 0 Å². The van der Waals surface area contributed by atoms with Crippen LogP contribution in [0.1, 0.15) is 37.7 Å². The maximum Gasteiger partial charge on any atom is 0.160 e. The third-order valence-electron chi connectivity index (χ3n) is 2.31. The van der Waals surface area contributed by atoms with E-state index in [1.54, 1.807) is 13.3 Å². The molecule has 0 unspecified atom stereocenters. The fourth-order valence-electron chi connectivity index (χ4n) is 1.35. The fraction of sp³-hybridized carbons (Fsp3) is 0.667. The second kappa shape index (κ2) is 7.19. The van der Waals surface area contributed by atoms with Crippen molar-refractivity contribution in [2.24, 2.45) is 5.73 Å². The maximum absolute atomic E-state index is 5.66. The average Bonchev–Trinajstić information content (AvgIpc) is 2.34. The number of hydrogen-bond donors (Lipinski definition) is 1.